The fourth-order valence-electron chi connectivity index (χ4n) is 1.93. The van der Waals surface area contributed by atoms with E-state index in [1.54, 1.807) is 6.07 Å². The number of non-ortho nitro benzene ring substituents is 1. The number of hydrogen-bond donors (Lipinski definition) is 2. The zero-order valence-electron chi connectivity index (χ0n) is 11.5. The number of hydrogen-bond acceptors (Lipinski definition) is 5. The van der Waals surface area contributed by atoms with Crippen molar-refractivity contribution in [3.05, 3.63) is 56.0 Å². The molecule has 0 saturated carbocycles. The van der Waals surface area contributed by atoms with Gasteiger partial charge in [0.25, 0.3) is 5.69 Å². The molecule has 0 amide bonds. The van der Waals surface area contributed by atoms with Gasteiger partial charge in [0.1, 0.15) is 11.5 Å². The Bertz CT molecular complexity index is 681. The van der Waals surface area contributed by atoms with Crippen molar-refractivity contribution in [2.45, 2.75) is 13.8 Å². The van der Waals surface area contributed by atoms with Crippen molar-refractivity contribution in [1.82, 2.24) is 0 Å². The Balaban J connectivity index is 2.39. The molecule has 0 aromatic heterocycles. The minimum atomic E-state index is -0.494. The first-order valence-electron chi connectivity index (χ1n) is 6.11. The summed E-state index contributed by atoms with van der Waals surface area (Å²) < 4.78 is 6.72. The molecule has 2 rings (SSSR count). The van der Waals surface area contributed by atoms with E-state index in [0.717, 1.165) is 15.6 Å². The molecular formula is C14H14BrN3O3. The van der Waals surface area contributed by atoms with E-state index in [-0.39, 0.29) is 5.69 Å². The Morgan fingerprint density at radius 3 is 2.24 bits per heavy atom. The summed E-state index contributed by atoms with van der Waals surface area (Å²) in [5, 5.41) is 10.9. The van der Waals surface area contributed by atoms with Gasteiger partial charge in [0.05, 0.1) is 16.7 Å². The van der Waals surface area contributed by atoms with Gasteiger partial charge < -0.3 is 10.2 Å². The molecule has 6 nitrogen and oxygen atoms in total. The molecular weight excluding hydrogens is 338 g/mol. The molecule has 2 aromatic carbocycles. The van der Waals surface area contributed by atoms with Gasteiger partial charge >= 0.3 is 0 Å². The van der Waals surface area contributed by atoms with Gasteiger partial charge in [0.15, 0.2) is 0 Å². The van der Waals surface area contributed by atoms with Crippen molar-refractivity contribution >= 4 is 27.3 Å². The standard InChI is InChI=1S/C14H14BrN3O3/c1-8-3-12(4-9(2)14(8)15)21-13-6-10(17-16)5-11(7-13)18(19)20/h3-7,17H,16H2,1-2H3. The molecule has 7 heteroatoms. The van der Waals surface area contributed by atoms with Crippen molar-refractivity contribution in [1.29, 1.82) is 0 Å². The first-order valence-corrected chi connectivity index (χ1v) is 6.90. The molecule has 0 saturated heterocycles. The van der Waals surface area contributed by atoms with Crippen molar-refractivity contribution < 1.29 is 9.66 Å². The SMILES string of the molecule is Cc1cc(Oc2cc(NN)cc([N+](=O)[O-])c2)cc(C)c1Br. The van der Waals surface area contributed by atoms with Gasteiger partial charge in [0.2, 0.25) is 0 Å². The first-order chi connectivity index (χ1) is 9.90. The number of aryl methyl sites for hydroxylation is 2. The lowest BCUT2D eigenvalue weighted by Gasteiger charge is -2.11. The number of nitrogens with one attached hydrogen (secondary N) is 1. The minimum absolute atomic E-state index is 0.0917. The van der Waals surface area contributed by atoms with E-state index in [1.807, 2.05) is 26.0 Å². The predicted octanol–water partition coefficient (Wildman–Crippen LogP) is 4.05. The van der Waals surface area contributed by atoms with Gasteiger partial charge in [-0.3, -0.25) is 16.0 Å². The van der Waals surface area contributed by atoms with Gasteiger partial charge in [-0.2, -0.15) is 0 Å². The van der Waals surface area contributed by atoms with E-state index in [4.69, 9.17) is 10.6 Å². The van der Waals surface area contributed by atoms with Gasteiger partial charge in [-0.05, 0) is 37.1 Å². The van der Waals surface area contributed by atoms with Crippen LogP contribution in [0.25, 0.3) is 0 Å². The van der Waals surface area contributed by atoms with Crippen LogP contribution >= 0.6 is 15.9 Å². The summed E-state index contributed by atoms with van der Waals surface area (Å²) in [5.74, 6) is 6.27. The third-order valence-electron chi connectivity index (χ3n) is 2.91. The molecule has 0 heterocycles. The Morgan fingerprint density at radius 1 is 1.14 bits per heavy atom. The van der Waals surface area contributed by atoms with Crippen molar-refractivity contribution in [2.75, 3.05) is 5.43 Å². The van der Waals surface area contributed by atoms with Crippen molar-refractivity contribution in [2.24, 2.45) is 5.84 Å². The van der Waals surface area contributed by atoms with Gasteiger partial charge in [-0.15, -0.1) is 0 Å². The zero-order chi connectivity index (χ0) is 15.6. The summed E-state index contributed by atoms with van der Waals surface area (Å²) in [6.45, 7) is 3.90. The second-order valence-corrected chi connectivity index (χ2v) is 5.38. The highest BCUT2D eigenvalue weighted by atomic mass is 79.9. The number of nitrogens with zero attached hydrogens (tertiary/aromatic N) is 1. The lowest BCUT2D eigenvalue weighted by atomic mass is 10.1. The maximum Gasteiger partial charge on any atom is 0.275 e. The summed E-state index contributed by atoms with van der Waals surface area (Å²) in [4.78, 5) is 10.4. The Morgan fingerprint density at radius 2 is 1.71 bits per heavy atom. The molecule has 110 valence electrons. The molecule has 0 fully saturated rings. The summed E-state index contributed by atoms with van der Waals surface area (Å²) in [7, 11) is 0. The molecule has 0 aliphatic rings. The fourth-order valence-corrected chi connectivity index (χ4v) is 2.16. The third kappa shape index (κ3) is 3.50. The Labute approximate surface area is 130 Å². The zero-order valence-corrected chi connectivity index (χ0v) is 13.1. The number of rotatable bonds is 4. The molecule has 0 unspecified atom stereocenters. The Kier molecular flexibility index (Phi) is 4.44. The molecule has 2 aromatic rings. The second-order valence-electron chi connectivity index (χ2n) is 4.59. The van der Waals surface area contributed by atoms with Gasteiger partial charge in [-0.1, -0.05) is 15.9 Å². The fraction of sp³-hybridized carbons (Fsp3) is 0.143. The molecule has 21 heavy (non-hydrogen) atoms. The monoisotopic (exact) mass is 351 g/mol. The van der Waals surface area contributed by atoms with Gasteiger partial charge in [-0.25, -0.2) is 0 Å². The number of hydrazine groups is 1. The highest BCUT2D eigenvalue weighted by molar-refractivity contribution is 9.10. The van der Waals surface area contributed by atoms with Gasteiger partial charge in [0, 0.05) is 16.6 Å². The molecule has 0 spiro atoms. The maximum atomic E-state index is 10.9. The van der Waals surface area contributed by atoms with Crippen LogP contribution in [0.3, 0.4) is 0 Å². The van der Waals surface area contributed by atoms with E-state index < -0.39 is 4.92 Å². The smallest absolute Gasteiger partial charge is 0.275 e. The average Bonchev–Trinajstić information content (AvgIpc) is 2.44. The summed E-state index contributed by atoms with van der Waals surface area (Å²) >= 11 is 3.48. The van der Waals surface area contributed by atoms with Crippen LogP contribution in [0.1, 0.15) is 11.1 Å². The summed E-state index contributed by atoms with van der Waals surface area (Å²) in [5.41, 5.74) is 4.75. The highest BCUT2D eigenvalue weighted by Gasteiger charge is 2.12. The number of nitro groups is 1. The van der Waals surface area contributed by atoms with Crippen LogP contribution in [0.5, 0.6) is 11.5 Å². The van der Waals surface area contributed by atoms with E-state index in [1.165, 1.54) is 12.1 Å². The number of nitro benzene ring substituents is 1. The predicted molar refractivity (Wildman–Crippen MR) is 84.6 cm³/mol. The topological polar surface area (TPSA) is 90.4 Å². The van der Waals surface area contributed by atoms with Crippen LogP contribution in [0.4, 0.5) is 11.4 Å². The third-order valence-corrected chi connectivity index (χ3v) is 4.17. The van der Waals surface area contributed by atoms with Crippen LogP contribution in [0.2, 0.25) is 0 Å². The largest absolute Gasteiger partial charge is 0.457 e. The van der Waals surface area contributed by atoms with E-state index in [2.05, 4.69) is 21.4 Å². The highest BCUT2D eigenvalue weighted by Crippen LogP contribution is 2.32. The quantitative estimate of drug-likeness (QED) is 0.492. The minimum Gasteiger partial charge on any atom is -0.457 e. The normalized spacial score (nSPS) is 10.3. The number of benzene rings is 2. The molecule has 3 N–H and O–H groups in total. The van der Waals surface area contributed by atoms with Crippen LogP contribution in [0.15, 0.2) is 34.8 Å². The van der Waals surface area contributed by atoms with Crippen LogP contribution in [-0.4, -0.2) is 4.92 Å². The van der Waals surface area contributed by atoms with E-state index in [0.29, 0.717) is 17.2 Å². The average molecular weight is 352 g/mol. The number of nitrogen functional groups attached to an aromatic ring is 1. The molecule has 0 atom stereocenters. The number of nitrogens with two attached hydrogens (primary N) is 1. The lowest BCUT2D eigenvalue weighted by molar-refractivity contribution is -0.384. The van der Waals surface area contributed by atoms with Crippen LogP contribution < -0.4 is 16.0 Å². The molecule has 0 bridgehead atoms. The first kappa shape index (κ1) is 15.3. The summed E-state index contributed by atoms with van der Waals surface area (Å²) in [6, 6.07) is 8.00. The van der Waals surface area contributed by atoms with Crippen molar-refractivity contribution in [3.63, 3.8) is 0 Å². The Hall–Kier alpha value is -2.12. The van der Waals surface area contributed by atoms with Crippen molar-refractivity contribution in [3.8, 4) is 11.5 Å². The summed E-state index contributed by atoms with van der Waals surface area (Å²) in [6.07, 6.45) is 0. The van der Waals surface area contributed by atoms with E-state index >= 15 is 0 Å². The number of anilines is 1. The van der Waals surface area contributed by atoms with Crippen LogP contribution in [0, 0.1) is 24.0 Å². The molecule has 0 aliphatic heterocycles. The molecule has 0 aliphatic carbocycles. The second kappa shape index (κ2) is 6.11. The maximum absolute atomic E-state index is 10.9. The molecule has 0 radical (unpaired) electrons. The number of ether oxygens (including phenoxy) is 1. The number of halogens is 1. The van der Waals surface area contributed by atoms with E-state index in [9.17, 15) is 10.1 Å². The lowest BCUT2D eigenvalue weighted by Crippen LogP contribution is -2.07. The van der Waals surface area contributed by atoms with Crippen LogP contribution in [-0.2, 0) is 0 Å².